The van der Waals surface area contributed by atoms with Gasteiger partial charge in [-0.05, 0) is 80.3 Å². The molecule has 4 rings (SSSR count). The Morgan fingerprint density at radius 3 is 2.55 bits per heavy atom. The molecule has 2 aliphatic rings. The highest BCUT2D eigenvalue weighted by Gasteiger charge is 2.30. The lowest BCUT2D eigenvalue weighted by Gasteiger charge is -2.30. The van der Waals surface area contributed by atoms with Gasteiger partial charge in [0.1, 0.15) is 5.75 Å². The van der Waals surface area contributed by atoms with E-state index in [0.29, 0.717) is 6.54 Å². The highest BCUT2D eigenvalue weighted by molar-refractivity contribution is 5.80. The van der Waals surface area contributed by atoms with Crippen LogP contribution in [-0.2, 0) is 11.2 Å². The first-order valence-electron chi connectivity index (χ1n) is 12.5. The molecule has 5 nitrogen and oxygen atoms in total. The van der Waals surface area contributed by atoms with E-state index in [4.69, 9.17) is 14.2 Å². The lowest BCUT2D eigenvalue weighted by Crippen LogP contribution is -2.41. The van der Waals surface area contributed by atoms with Gasteiger partial charge in [-0.25, -0.2) is 0 Å². The molecule has 2 atom stereocenters. The molecule has 1 aliphatic carbocycles. The van der Waals surface area contributed by atoms with Crippen LogP contribution in [-0.4, -0.2) is 32.3 Å². The topological polar surface area (TPSA) is 56.8 Å². The molecule has 0 spiro atoms. The standard InChI is InChI=1S/C28H37NO4/c1-3-4-15-32-24-12-9-20(10-13-24)16-22-17-23(19-29-28(22)30)21-11-14-26(31-2)27(18-21)33-25-7-5-6-8-25/h9-14,18,22-23,25H,3-8,15-17,19H2,1-2H3,(H,29,30)/t22-,23-/m1/s1. The number of rotatable bonds is 10. The average Bonchev–Trinajstić information content (AvgIpc) is 3.35. The smallest absolute Gasteiger partial charge is 0.223 e. The van der Waals surface area contributed by atoms with E-state index in [-0.39, 0.29) is 23.8 Å². The zero-order chi connectivity index (χ0) is 23.0. The Bertz CT molecular complexity index is 905. The van der Waals surface area contributed by atoms with Crippen LogP contribution in [0.3, 0.4) is 0 Å². The van der Waals surface area contributed by atoms with Crippen LogP contribution < -0.4 is 19.5 Å². The van der Waals surface area contributed by atoms with Gasteiger partial charge in [0.25, 0.3) is 0 Å². The van der Waals surface area contributed by atoms with E-state index in [2.05, 4.69) is 36.5 Å². The minimum atomic E-state index is -0.0445. The van der Waals surface area contributed by atoms with Crippen LogP contribution in [0.15, 0.2) is 42.5 Å². The van der Waals surface area contributed by atoms with Gasteiger partial charge in [-0.3, -0.25) is 4.79 Å². The fourth-order valence-electron chi connectivity index (χ4n) is 4.90. The number of hydrogen-bond donors (Lipinski definition) is 1. The largest absolute Gasteiger partial charge is 0.494 e. The van der Waals surface area contributed by atoms with Crippen molar-refractivity contribution in [1.29, 1.82) is 0 Å². The summed E-state index contributed by atoms with van der Waals surface area (Å²) in [5.41, 5.74) is 2.37. The maximum absolute atomic E-state index is 12.6. The van der Waals surface area contributed by atoms with Crippen molar-refractivity contribution in [1.82, 2.24) is 5.32 Å². The fraction of sp³-hybridized carbons (Fsp3) is 0.536. The molecule has 1 N–H and O–H groups in total. The van der Waals surface area contributed by atoms with E-state index in [1.54, 1.807) is 7.11 Å². The summed E-state index contributed by atoms with van der Waals surface area (Å²) < 4.78 is 17.6. The molecule has 1 saturated heterocycles. The van der Waals surface area contributed by atoms with E-state index >= 15 is 0 Å². The number of benzene rings is 2. The van der Waals surface area contributed by atoms with Gasteiger partial charge >= 0.3 is 0 Å². The first kappa shape index (κ1) is 23.5. The lowest BCUT2D eigenvalue weighted by atomic mass is 9.82. The second-order valence-electron chi connectivity index (χ2n) is 9.36. The molecule has 0 radical (unpaired) electrons. The van der Waals surface area contributed by atoms with E-state index in [0.717, 1.165) is 62.4 Å². The van der Waals surface area contributed by atoms with Gasteiger partial charge in [-0.2, -0.15) is 0 Å². The van der Waals surface area contributed by atoms with Crippen molar-refractivity contribution in [2.45, 2.75) is 70.3 Å². The number of hydrogen-bond acceptors (Lipinski definition) is 4. The summed E-state index contributed by atoms with van der Waals surface area (Å²) in [6.07, 6.45) is 8.71. The predicted molar refractivity (Wildman–Crippen MR) is 130 cm³/mol. The molecule has 178 valence electrons. The van der Waals surface area contributed by atoms with Gasteiger partial charge in [-0.1, -0.05) is 31.5 Å². The van der Waals surface area contributed by atoms with Crippen molar-refractivity contribution >= 4 is 5.91 Å². The third-order valence-corrected chi connectivity index (χ3v) is 6.89. The Labute approximate surface area is 197 Å². The Morgan fingerprint density at radius 2 is 1.82 bits per heavy atom. The van der Waals surface area contributed by atoms with Crippen molar-refractivity contribution < 1.29 is 19.0 Å². The summed E-state index contributed by atoms with van der Waals surface area (Å²) in [5, 5.41) is 3.13. The summed E-state index contributed by atoms with van der Waals surface area (Å²) in [6, 6.07) is 14.4. The lowest BCUT2D eigenvalue weighted by molar-refractivity contribution is -0.126. The number of unbranched alkanes of at least 4 members (excludes halogenated alkanes) is 1. The molecule has 0 aromatic heterocycles. The van der Waals surface area contributed by atoms with Crippen LogP contribution in [0.4, 0.5) is 0 Å². The maximum atomic E-state index is 12.6. The molecule has 0 bridgehead atoms. The molecule has 2 aromatic carbocycles. The van der Waals surface area contributed by atoms with E-state index < -0.39 is 0 Å². The third kappa shape index (κ3) is 6.21. The van der Waals surface area contributed by atoms with Crippen molar-refractivity contribution in [3.63, 3.8) is 0 Å². The predicted octanol–water partition coefficient (Wildman–Crippen LogP) is 5.66. The zero-order valence-electron chi connectivity index (χ0n) is 20.0. The Balaban J connectivity index is 1.41. The van der Waals surface area contributed by atoms with Crippen molar-refractivity contribution in [2.75, 3.05) is 20.3 Å². The second-order valence-corrected chi connectivity index (χ2v) is 9.36. The summed E-state index contributed by atoms with van der Waals surface area (Å²) in [5.74, 6) is 2.87. The zero-order valence-corrected chi connectivity index (χ0v) is 20.0. The molecule has 33 heavy (non-hydrogen) atoms. The van der Waals surface area contributed by atoms with Gasteiger partial charge in [0.05, 0.1) is 19.8 Å². The van der Waals surface area contributed by atoms with Gasteiger partial charge in [0.2, 0.25) is 5.91 Å². The van der Waals surface area contributed by atoms with E-state index in [1.165, 1.54) is 24.0 Å². The molecule has 0 unspecified atom stereocenters. The van der Waals surface area contributed by atoms with Crippen LogP contribution in [0.2, 0.25) is 0 Å². The molecule has 2 aromatic rings. The van der Waals surface area contributed by atoms with Gasteiger partial charge in [0, 0.05) is 18.4 Å². The number of ether oxygens (including phenoxy) is 3. The van der Waals surface area contributed by atoms with E-state index in [9.17, 15) is 4.79 Å². The SMILES string of the molecule is CCCCOc1ccc(C[C@@H]2C[C@@H](c3ccc(OC)c(OC4CCCC4)c3)CNC2=O)cc1. The fourth-order valence-corrected chi connectivity index (χ4v) is 4.90. The highest BCUT2D eigenvalue weighted by atomic mass is 16.5. The average molecular weight is 452 g/mol. The van der Waals surface area contributed by atoms with Crippen LogP contribution in [0.25, 0.3) is 0 Å². The quantitative estimate of drug-likeness (QED) is 0.474. The van der Waals surface area contributed by atoms with Gasteiger partial charge in [-0.15, -0.1) is 0 Å². The monoisotopic (exact) mass is 451 g/mol. The van der Waals surface area contributed by atoms with Crippen molar-refractivity contribution in [3.8, 4) is 17.2 Å². The van der Waals surface area contributed by atoms with Crippen molar-refractivity contribution in [3.05, 3.63) is 53.6 Å². The molecule has 2 fully saturated rings. The minimum absolute atomic E-state index is 0.0445. The first-order valence-corrected chi connectivity index (χ1v) is 12.5. The molecule has 5 heteroatoms. The minimum Gasteiger partial charge on any atom is -0.494 e. The van der Waals surface area contributed by atoms with Crippen LogP contribution >= 0.6 is 0 Å². The summed E-state index contributed by atoms with van der Waals surface area (Å²) in [7, 11) is 1.69. The molecular weight excluding hydrogens is 414 g/mol. The van der Waals surface area contributed by atoms with Crippen LogP contribution in [0.5, 0.6) is 17.2 Å². The number of piperidine rings is 1. The Hall–Kier alpha value is -2.69. The van der Waals surface area contributed by atoms with E-state index in [1.807, 2.05) is 18.2 Å². The van der Waals surface area contributed by atoms with Crippen molar-refractivity contribution in [2.24, 2.45) is 5.92 Å². The maximum Gasteiger partial charge on any atom is 0.223 e. The molecule has 1 amide bonds. The number of methoxy groups -OCH3 is 1. The molecular formula is C28H37NO4. The van der Waals surface area contributed by atoms with Gasteiger partial charge in [0.15, 0.2) is 11.5 Å². The highest BCUT2D eigenvalue weighted by Crippen LogP contribution is 2.37. The molecule has 1 heterocycles. The Morgan fingerprint density at radius 1 is 1.03 bits per heavy atom. The first-order chi connectivity index (χ1) is 16.2. The number of amides is 1. The number of carbonyl (C=O) groups excluding carboxylic acids is 1. The van der Waals surface area contributed by atoms with Crippen LogP contribution in [0, 0.1) is 5.92 Å². The molecule has 1 aliphatic heterocycles. The molecule has 1 saturated carbocycles. The summed E-state index contributed by atoms with van der Waals surface area (Å²) in [4.78, 5) is 12.6. The second kappa shape index (κ2) is 11.4. The number of carbonyl (C=O) groups is 1. The summed E-state index contributed by atoms with van der Waals surface area (Å²) >= 11 is 0. The van der Waals surface area contributed by atoms with Gasteiger partial charge < -0.3 is 19.5 Å². The Kier molecular flexibility index (Phi) is 8.14. The van der Waals surface area contributed by atoms with Crippen LogP contribution in [0.1, 0.15) is 68.9 Å². The third-order valence-electron chi connectivity index (χ3n) is 6.89. The number of nitrogens with one attached hydrogen (secondary N) is 1. The summed E-state index contributed by atoms with van der Waals surface area (Å²) in [6.45, 7) is 3.57. The normalized spacial score (nSPS) is 21.0.